The largest absolute Gasteiger partial charge is 0.492 e. The number of benzene rings is 2. The van der Waals surface area contributed by atoms with Crippen molar-refractivity contribution in [2.45, 2.75) is 51.4 Å². The maximum absolute atomic E-state index is 13.4. The number of halogens is 1. The highest BCUT2D eigenvalue weighted by molar-refractivity contribution is 6.31. The fraction of sp³-hybridized carbons (Fsp3) is 0.519. The minimum absolute atomic E-state index is 0.0325. The summed E-state index contributed by atoms with van der Waals surface area (Å²) in [5.74, 6) is 2.39. The molecule has 2 atom stereocenters. The van der Waals surface area contributed by atoms with E-state index < -0.39 is 5.41 Å². The van der Waals surface area contributed by atoms with Gasteiger partial charge < -0.3 is 10.1 Å². The van der Waals surface area contributed by atoms with Crippen molar-refractivity contribution < 1.29 is 9.53 Å². The lowest BCUT2D eigenvalue weighted by molar-refractivity contribution is -0.121. The number of likely N-dealkylation sites (tertiary alicyclic amines) is 1. The quantitative estimate of drug-likeness (QED) is 0.545. The summed E-state index contributed by atoms with van der Waals surface area (Å²) in [6.45, 7) is 8.61. The van der Waals surface area contributed by atoms with Crippen LogP contribution in [0.5, 0.6) is 5.75 Å². The number of amides is 1. The van der Waals surface area contributed by atoms with E-state index in [0.717, 1.165) is 74.2 Å². The number of hydrogen-bond acceptors (Lipinski definition) is 3. The van der Waals surface area contributed by atoms with E-state index in [1.165, 1.54) is 6.42 Å². The summed E-state index contributed by atoms with van der Waals surface area (Å²) < 4.78 is 5.97. The first-order chi connectivity index (χ1) is 15.5. The smallest absolute Gasteiger partial charge is 0.235 e. The zero-order chi connectivity index (χ0) is 22.6. The third kappa shape index (κ3) is 5.29. The molecule has 1 aliphatic carbocycles. The normalized spacial score (nSPS) is 23.1. The molecule has 1 heterocycles. The molecule has 4 nitrogen and oxygen atoms in total. The molecule has 1 N–H and O–H groups in total. The molecule has 172 valence electrons. The maximum atomic E-state index is 13.4. The second-order valence-electron chi connectivity index (χ2n) is 9.80. The van der Waals surface area contributed by atoms with Crippen molar-refractivity contribution in [2.24, 2.45) is 11.8 Å². The Morgan fingerprint density at radius 1 is 1.06 bits per heavy atom. The van der Waals surface area contributed by atoms with Gasteiger partial charge in [-0.25, -0.2) is 0 Å². The lowest BCUT2D eigenvalue weighted by Gasteiger charge is -2.34. The van der Waals surface area contributed by atoms with E-state index >= 15 is 0 Å². The zero-order valence-corrected chi connectivity index (χ0v) is 20.0. The van der Waals surface area contributed by atoms with Crippen molar-refractivity contribution in [3.63, 3.8) is 0 Å². The number of carbonyl (C=O) groups is 1. The highest BCUT2D eigenvalue weighted by atomic mass is 35.5. The Kier molecular flexibility index (Phi) is 7.42. The molecule has 0 aromatic heterocycles. The van der Waals surface area contributed by atoms with Gasteiger partial charge in [-0.1, -0.05) is 56.5 Å². The number of ether oxygens (including phenoxy) is 1. The summed E-state index contributed by atoms with van der Waals surface area (Å²) >= 11 is 6.48. The number of carbonyl (C=O) groups excluding carboxylic acids is 1. The first-order valence-corrected chi connectivity index (χ1v) is 12.4. The number of hydrogen-bond donors (Lipinski definition) is 1. The summed E-state index contributed by atoms with van der Waals surface area (Å²) in [7, 11) is 0. The molecule has 2 fully saturated rings. The Bertz CT molecular complexity index is 898. The second-order valence-corrected chi connectivity index (χ2v) is 10.2. The van der Waals surface area contributed by atoms with E-state index in [1.807, 2.05) is 48.5 Å². The van der Waals surface area contributed by atoms with Gasteiger partial charge in [-0.3, -0.25) is 9.69 Å². The van der Waals surface area contributed by atoms with Crippen molar-refractivity contribution in [2.75, 3.05) is 31.6 Å². The van der Waals surface area contributed by atoms with Gasteiger partial charge in [0, 0.05) is 30.3 Å². The molecular formula is C27H35ClN2O2. The van der Waals surface area contributed by atoms with Crippen LogP contribution in [0.15, 0.2) is 48.5 Å². The molecule has 1 aliphatic heterocycles. The van der Waals surface area contributed by atoms with E-state index in [-0.39, 0.29) is 5.91 Å². The van der Waals surface area contributed by atoms with Crippen molar-refractivity contribution in [3.8, 4) is 5.75 Å². The number of piperidine rings is 1. The van der Waals surface area contributed by atoms with Crippen molar-refractivity contribution in [1.29, 1.82) is 0 Å². The van der Waals surface area contributed by atoms with Crippen LogP contribution < -0.4 is 10.1 Å². The second kappa shape index (κ2) is 10.3. The Labute approximate surface area is 197 Å². The lowest BCUT2D eigenvalue weighted by Crippen LogP contribution is -2.40. The van der Waals surface area contributed by atoms with Crippen LogP contribution in [-0.4, -0.2) is 37.0 Å². The van der Waals surface area contributed by atoms with E-state index in [1.54, 1.807) is 0 Å². The molecule has 5 heteroatoms. The molecule has 0 unspecified atom stereocenters. The number of nitrogens with one attached hydrogen (secondary N) is 1. The molecule has 2 aromatic rings. The summed E-state index contributed by atoms with van der Waals surface area (Å²) in [4.78, 5) is 15.9. The first-order valence-electron chi connectivity index (χ1n) is 12.0. The van der Waals surface area contributed by atoms with Crippen LogP contribution in [0, 0.1) is 11.8 Å². The van der Waals surface area contributed by atoms with Crippen LogP contribution in [0.25, 0.3) is 0 Å². The fourth-order valence-electron chi connectivity index (χ4n) is 5.60. The standard InChI is InChI=1S/C27H35ClN2O2/c1-20-17-21(2)19-30(18-20)15-16-32-23-11-9-22(10-12-23)29-26(31)27(13-5-6-14-27)24-7-3-4-8-25(24)28/h3-4,7-12,20-21H,5-6,13-19H2,1-2H3,(H,29,31)/t20-,21-/m0/s1. The van der Waals surface area contributed by atoms with Gasteiger partial charge in [0.25, 0.3) is 0 Å². The van der Waals surface area contributed by atoms with Gasteiger partial charge in [-0.15, -0.1) is 0 Å². The van der Waals surface area contributed by atoms with Crippen molar-refractivity contribution >= 4 is 23.2 Å². The van der Waals surface area contributed by atoms with Gasteiger partial charge in [-0.2, -0.15) is 0 Å². The van der Waals surface area contributed by atoms with E-state index in [4.69, 9.17) is 16.3 Å². The molecule has 2 aliphatic rings. The van der Waals surface area contributed by atoms with Crippen LogP contribution in [0.3, 0.4) is 0 Å². The molecular weight excluding hydrogens is 420 g/mol. The zero-order valence-electron chi connectivity index (χ0n) is 19.3. The minimum atomic E-state index is -0.545. The molecule has 1 saturated heterocycles. The van der Waals surface area contributed by atoms with Gasteiger partial charge in [-0.05, 0) is 67.0 Å². The average molecular weight is 455 g/mol. The average Bonchev–Trinajstić information content (AvgIpc) is 3.26. The molecule has 4 rings (SSSR count). The predicted molar refractivity (Wildman–Crippen MR) is 132 cm³/mol. The monoisotopic (exact) mass is 454 g/mol. The van der Waals surface area contributed by atoms with Crippen LogP contribution in [0.1, 0.15) is 51.5 Å². The molecule has 0 spiro atoms. The summed E-state index contributed by atoms with van der Waals surface area (Å²) in [6, 6.07) is 15.5. The van der Waals surface area contributed by atoms with Crippen LogP contribution in [0.2, 0.25) is 5.02 Å². The Balaban J connectivity index is 1.34. The molecule has 1 saturated carbocycles. The van der Waals surface area contributed by atoms with Crippen LogP contribution in [0.4, 0.5) is 5.69 Å². The molecule has 0 radical (unpaired) electrons. The third-order valence-corrected chi connectivity index (χ3v) is 7.34. The topological polar surface area (TPSA) is 41.6 Å². The summed E-state index contributed by atoms with van der Waals surface area (Å²) in [5, 5.41) is 3.81. The predicted octanol–water partition coefficient (Wildman–Crippen LogP) is 6.15. The third-order valence-electron chi connectivity index (χ3n) is 7.01. The molecule has 1 amide bonds. The first kappa shape index (κ1) is 23.1. The van der Waals surface area contributed by atoms with Gasteiger partial charge in [0.15, 0.2) is 0 Å². The van der Waals surface area contributed by atoms with Gasteiger partial charge >= 0.3 is 0 Å². The SMILES string of the molecule is C[C@H]1C[C@H](C)CN(CCOc2ccc(NC(=O)C3(c4ccccc4Cl)CCCC3)cc2)C1. The van der Waals surface area contributed by atoms with Gasteiger partial charge in [0.05, 0.1) is 5.41 Å². The number of nitrogens with zero attached hydrogens (tertiary/aromatic N) is 1. The Morgan fingerprint density at radius 3 is 2.38 bits per heavy atom. The van der Waals surface area contributed by atoms with E-state index in [9.17, 15) is 4.79 Å². The highest BCUT2D eigenvalue weighted by Gasteiger charge is 2.43. The van der Waals surface area contributed by atoms with E-state index in [0.29, 0.717) is 11.6 Å². The van der Waals surface area contributed by atoms with Crippen molar-refractivity contribution in [3.05, 3.63) is 59.1 Å². The number of anilines is 1. The van der Waals surface area contributed by atoms with Gasteiger partial charge in [0.1, 0.15) is 12.4 Å². The Hall–Kier alpha value is -2.04. The van der Waals surface area contributed by atoms with Crippen LogP contribution >= 0.6 is 11.6 Å². The molecule has 2 aromatic carbocycles. The van der Waals surface area contributed by atoms with Gasteiger partial charge in [0.2, 0.25) is 5.91 Å². The molecule has 32 heavy (non-hydrogen) atoms. The minimum Gasteiger partial charge on any atom is -0.492 e. The number of rotatable bonds is 7. The summed E-state index contributed by atoms with van der Waals surface area (Å²) in [5.41, 5.74) is 1.19. The molecule has 0 bridgehead atoms. The van der Waals surface area contributed by atoms with Crippen LogP contribution in [-0.2, 0) is 10.2 Å². The lowest BCUT2D eigenvalue weighted by atomic mass is 9.78. The Morgan fingerprint density at radius 2 is 1.72 bits per heavy atom. The highest BCUT2D eigenvalue weighted by Crippen LogP contribution is 2.44. The summed E-state index contributed by atoms with van der Waals surface area (Å²) in [6.07, 6.45) is 5.07. The van der Waals surface area contributed by atoms with E-state index in [2.05, 4.69) is 24.1 Å². The maximum Gasteiger partial charge on any atom is 0.235 e. The fourth-order valence-corrected chi connectivity index (χ4v) is 5.92. The van der Waals surface area contributed by atoms with Crippen molar-refractivity contribution in [1.82, 2.24) is 4.90 Å².